The van der Waals surface area contributed by atoms with Crippen LogP contribution in [0.3, 0.4) is 0 Å². The number of benzene rings is 1. The minimum Gasteiger partial charge on any atom is -0.354 e. The van der Waals surface area contributed by atoms with Crippen molar-refractivity contribution in [1.29, 1.82) is 0 Å². The maximum atomic E-state index is 13.1. The van der Waals surface area contributed by atoms with Gasteiger partial charge in [-0.1, -0.05) is 13.8 Å². The van der Waals surface area contributed by atoms with Crippen molar-refractivity contribution in [3.8, 4) is 0 Å². The highest BCUT2D eigenvalue weighted by molar-refractivity contribution is 8.00. The van der Waals surface area contributed by atoms with Crippen LogP contribution in [0, 0.1) is 5.92 Å². The molecular formula is C18H27N3O5S3. The Balaban J connectivity index is 1.79. The number of thioether (sulfide) groups is 1. The van der Waals surface area contributed by atoms with Crippen LogP contribution < -0.4 is 5.32 Å². The van der Waals surface area contributed by atoms with Crippen molar-refractivity contribution in [3.05, 3.63) is 24.3 Å². The standard InChI is InChI=1S/C18H27N3O5S3/c1-14(2)11-19-18(22)17-12-27-13-21(17)29(25,26)16-7-5-15(6-8-16)28(23,24)20-9-3-4-10-20/h5-8,14,17H,3-4,9-13H2,1-2H3,(H,19,22). The summed E-state index contributed by atoms with van der Waals surface area (Å²) in [5.41, 5.74) is 0. The van der Waals surface area contributed by atoms with E-state index < -0.39 is 26.1 Å². The van der Waals surface area contributed by atoms with Gasteiger partial charge in [-0.05, 0) is 43.0 Å². The smallest absolute Gasteiger partial charge is 0.244 e. The minimum absolute atomic E-state index is 0.0120. The van der Waals surface area contributed by atoms with Gasteiger partial charge in [0.05, 0.1) is 15.7 Å². The lowest BCUT2D eigenvalue weighted by atomic mass is 10.2. The number of hydrogen-bond donors (Lipinski definition) is 1. The molecule has 11 heteroatoms. The number of sulfonamides is 2. The number of nitrogens with zero attached hydrogens (tertiary/aromatic N) is 2. The number of rotatable bonds is 7. The van der Waals surface area contributed by atoms with E-state index in [4.69, 9.17) is 0 Å². The first-order valence-electron chi connectivity index (χ1n) is 9.61. The fraction of sp³-hybridized carbons (Fsp3) is 0.611. The van der Waals surface area contributed by atoms with Crippen molar-refractivity contribution in [2.75, 3.05) is 31.3 Å². The third-order valence-electron chi connectivity index (χ3n) is 4.96. The Bertz CT molecular complexity index is 939. The highest BCUT2D eigenvalue weighted by Crippen LogP contribution is 2.29. The molecule has 3 rings (SSSR count). The van der Waals surface area contributed by atoms with E-state index in [-0.39, 0.29) is 27.5 Å². The molecule has 1 amide bonds. The summed E-state index contributed by atoms with van der Waals surface area (Å²) in [6.45, 7) is 5.39. The summed E-state index contributed by atoms with van der Waals surface area (Å²) in [4.78, 5) is 12.5. The molecule has 2 aliphatic heterocycles. The zero-order valence-electron chi connectivity index (χ0n) is 16.6. The van der Waals surface area contributed by atoms with Crippen LogP contribution in [0.5, 0.6) is 0 Å². The molecule has 2 heterocycles. The van der Waals surface area contributed by atoms with Crippen molar-refractivity contribution < 1.29 is 21.6 Å². The van der Waals surface area contributed by atoms with Gasteiger partial charge in [0.15, 0.2) is 0 Å². The van der Waals surface area contributed by atoms with Crippen LogP contribution in [0.25, 0.3) is 0 Å². The molecule has 0 aliphatic carbocycles. The Morgan fingerprint density at radius 2 is 1.62 bits per heavy atom. The Kier molecular flexibility index (Phi) is 6.94. The molecule has 0 bridgehead atoms. The lowest BCUT2D eigenvalue weighted by Crippen LogP contribution is -2.47. The minimum atomic E-state index is -3.91. The first kappa shape index (κ1) is 22.5. The molecule has 0 radical (unpaired) electrons. The number of hydrogen-bond acceptors (Lipinski definition) is 6. The van der Waals surface area contributed by atoms with Crippen LogP contribution in [0.1, 0.15) is 26.7 Å². The zero-order chi connectivity index (χ0) is 21.2. The van der Waals surface area contributed by atoms with E-state index in [0.29, 0.717) is 25.4 Å². The molecule has 162 valence electrons. The zero-order valence-corrected chi connectivity index (χ0v) is 19.0. The third kappa shape index (κ3) is 4.79. The molecule has 0 aromatic heterocycles. The molecule has 1 N–H and O–H groups in total. The fourth-order valence-electron chi connectivity index (χ4n) is 3.29. The van der Waals surface area contributed by atoms with Gasteiger partial charge in [0, 0.05) is 25.4 Å². The monoisotopic (exact) mass is 461 g/mol. The van der Waals surface area contributed by atoms with E-state index in [1.807, 2.05) is 13.8 Å². The molecule has 1 unspecified atom stereocenters. The second-order valence-corrected chi connectivity index (χ2v) is 12.5. The SMILES string of the molecule is CC(C)CNC(=O)C1CSCN1S(=O)(=O)c1ccc(S(=O)(=O)N2CCCC2)cc1. The first-order chi connectivity index (χ1) is 13.6. The maximum absolute atomic E-state index is 13.1. The van der Waals surface area contributed by atoms with Gasteiger partial charge in [0.2, 0.25) is 26.0 Å². The Labute approximate surface area is 177 Å². The van der Waals surface area contributed by atoms with Gasteiger partial charge in [0.25, 0.3) is 0 Å². The summed E-state index contributed by atoms with van der Waals surface area (Å²) in [5.74, 6) is 0.546. The summed E-state index contributed by atoms with van der Waals surface area (Å²) >= 11 is 1.38. The van der Waals surface area contributed by atoms with Gasteiger partial charge < -0.3 is 5.32 Å². The summed E-state index contributed by atoms with van der Waals surface area (Å²) in [6.07, 6.45) is 1.66. The van der Waals surface area contributed by atoms with Crippen LogP contribution in [0.2, 0.25) is 0 Å². The van der Waals surface area contributed by atoms with Gasteiger partial charge in [-0.15, -0.1) is 11.8 Å². The largest absolute Gasteiger partial charge is 0.354 e. The summed E-state index contributed by atoms with van der Waals surface area (Å²) in [6, 6.07) is 4.51. The highest BCUT2D eigenvalue weighted by atomic mass is 32.2. The summed E-state index contributed by atoms with van der Waals surface area (Å²) < 4.78 is 54.0. The van der Waals surface area contributed by atoms with Crippen LogP contribution in [0.15, 0.2) is 34.1 Å². The van der Waals surface area contributed by atoms with Gasteiger partial charge in [-0.2, -0.15) is 8.61 Å². The lowest BCUT2D eigenvalue weighted by Gasteiger charge is -2.23. The van der Waals surface area contributed by atoms with Gasteiger partial charge in [-0.25, -0.2) is 16.8 Å². The Morgan fingerprint density at radius 1 is 1.07 bits per heavy atom. The van der Waals surface area contributed by atoms with E-state index in [1.54, 1.807) is 0 Å². The average molecular weight is 462 g/mol. The summed E-state index contributed by atoms with van der Waals surface area (Å²) in [7, 11) is -7.51. The van der Waals surface area contributed by atoms with Crippen LogP contribution in [0.4, 0.5) is 0 Å². The molecule has 1 aromatic rings. The average Bonchev–Trinajstić information content (AvgIpc) is 3.38. The fourth-order valence-corrected chi connectivity index (χ4v) is 7.96. The van der Waals surface area contributed by atoms with Crippen LogP contribution in [-0.4, -0.2) is 68.7 Å². The third-order valence-corrected chi connectivity index (χ3v) is 9.92. The van der Waals surface area contributed by atoms with Gasteiger partial charge >= 0.3 is 0 Å². The van der Waals surface area contributed by atoms with Crippen molar-refractivity contribution in [3.63, 3.8) is 0 Å². The molecule has 1 atom stereocenters. The highest BCUT2D eigenvalue weighted by Gasteiger charge is 2.40. The number of carbonyl (C=O) groups is 1. The molecule has 2 aliphatic rings. The molecule has 1 aromatic carbocycles. The van der Waals surface area contributed by atoms with Crippen molar-refractivity contribution >= 4 is 37.7 Å². The second kappa shape index (κ2) is 8.93. The number of nitrogens with one attached hydrogen (secondary N) is 1. The van der Waals surface area contributed by atoms with Gasteiger partial charge in [-0.3, -0.25) is 4.79 Å². The molecule has 0 saturated carbocycles. The first-order valence-corrected chi connectivity index (χ1v) is 13.6. The Hall–Kier alpha value is -1.14. The number of amides is 1. The van der Waals surface area contributed by atoms with E-state index in [0.717, 1.165) is 12.8 Å². The maximum Gasteiger partial charge on any atom is 0.244 e. The van der Waals surface area contributed by atoms with Crippen molar-refractivity contribution in [1.82, 2.24) is 13.9 Å². The van der Waals surface area contributed by atoms with E-state index in [2.05, 4.69) is 5.32 Å². The predicted molar refractivity (Wildman–Crippen MR) is 112 cm³/mol. The van der Waals surface area contributed by atoms with Crippen LogP contribution >= 0.6 is 11.8 Å². The quantitative estimate of drug-likeness (QED) is 0.657. The lowest BCUT2D eigenvalue weighted by molar-refractivity contribution is -0.123. The predicted octanol–water partition coefficient (Wildman–Crippen LogP) is 1.31. The molecule has 2 saturated heterocycles. The second-order valence-electron chi connectivity index (χ2n) is 7.63. The Morgan fingerprint density at radius 3 is 2.17 bits per heavy atom. The molecule has 29 heavy (non-hydrogen) atoms. The molecule has 0 spiro atoms. The van der Waals surface area contributed by atoms with E-state index >= 15 is 0 Å². The van der Waals surface area contributed by atoms with E-state index in [9.17, 15) is 21.6 Å². The summed E-state index contributed by atoms with van der Waals surface area (Å²) in [5, 5.41) is 2.79. The topological polar surface area (TPSA) is 104 Å². The molecule has 2 fully saturated rings. The van der Waals surface area contributed by atoms with Gasteiger partial charge in [0.1, 0.15) is 6.04 Å². The van der Waals surface area contributed by atoms with E-state index in [1.165, 1.54) is 44.6 Å². The molecular weight excluding hydrogens is 434 g/mol. The van der Waals surface area contributed by atoms with Crippen molar-refractivity contribution in [2.45, 2.75) is 42.5 Å². The normalized spacial score (nSPS) is 21.7. The van der Waals surface area contributed by atoms with Crippen molar-refractivity contribution in [2.24, 2.45) is 5.92 Å². The molecule has 8 nitrogen and oxygen atoms in total. The van der Waals surface area contributed by atoms with Crippen LogP contribution in [-0.2, 0) is 24.8 Å². The number of carbonyl (C=O) groups excluding carboxylic acids is 1.